The van der Waals surface area contributed by atoms with Gasteiger partial charge in [0.2, 0.25) is 0 Å². The van der Waals surface area contributed by atoms with Gasteiger partial charge in [0.25, 0.3) is 0 Å². The van der Waals surface area contributed by atoms with Crippen LogP contribution in [-0.4, -0.2) is 15.9 Å². The molecule has 5 heteroatoms. The Morgan fingerprint density at radius 3 is 2.26 bits per heavy atom. The molecule has 1 radical (unpaired) electrons. The van der Waals surface area contributed by atoms with E-state index in [4.69, 9.17) is 14.5 Å². The number of pyridine rings is 1. The van der Waals surface area contributed by atoms with Gasteiger partial charge in [-0.3, -0.25) is 4.79 Å². The molecule has 203 valence electrons. The second-order valence-electron chi connectivity index (χ2n) is 11.3. The summed E-state index contributed by atoms with van der Waals surface area (Å²) in [5, 5.41) is 13.1. The number of rotatable bonds is 2. The molecule has 0 fully saturated rings. The van der Waals surface area contributed by atoms with E-state index in [0.717, 1.165) is 39.6 Å². The van der Waals surface area contributed by atoms with Gasteiger partial charge in [-0.2, -0.15) is 0 Å². The minimum absolute atomic E-state index is 0. The van der Waals surface area contributed by atoms with Crippen LogP contribution < -0.4 is 0 Å². The number of aromatic nitrogens is 1. The van der Waals surface area contributed by atoms with Gasteiger partial charge in [0.1, 0.15) is 11.2 Å². The van der Waals surface area contributed by atoms with Gasteiger partial charge in [-0.1, -0.05) is 20.8 Å². The van der Waals surface area contributed by atoms with Crippen molar-refractivity contribution in [3.05, 3.63) is 89.3 Å². The van der Waals surface area contributed by atoms with Gasteiger partial charge in [0.15, 0.2) is 5.78 Å². The van der Waals surface area contributed by atoms with Gasteiger partial charge >= 0.3 is 0 Å². The van der Waals surface area contributed by atoms with E-state index >= 15 is 0 Å². The number of nitrogens with zero attached hydrogens (tertiary/aromatic N) is 1. The van der Waals surface area contributed by atoms with Crippen molar-refractivity contribution in [1.29, 1.82) is 0 Å². The van der Waals surface area contributed by atoms with Crippen molar-refractivity contribution in [2.75, 3.05) is 0 Å². The summed E-state index contributed by atoms with van der Waals surface area (Å²) in [5.41, 5.74) is 8.30. The normalized spacial score (nSPS) is 13.5. The molecule has 0 bridgehead atoms. The first kappa shape index (κ1) is 28.7. The Hall–Kier alpha value is -3.27. The number of aliphatic hydroxyl groups excluding tert-OH is 1. The molecule has 1 aliphatic carbocycles. The van der Waals surface area contributed by atoms with Crippen LogP contribution in [0, 0.1) is 6.07 Å². The fraction of sp³-hybridized carbons (Fsp3) is 0.294. The van der Waals surface area contributed by atoms with Crippen LogP contribution >= 0.6 is 0 Å². The van der Waals surface area contributed by atoms with Crippen LogP contribution in [0.1, 0.15) is 64.2 Å². The Balaban J connectivity index is 0.000000394. The Labute approximate surface area is 243 Å². The van der Waals surface area contributed by atoms with Crippen molar-refractivity contribution in [1.82, 2.24) is 4.98 Å². The van der Waals surface area contributed by atoms with Crippen molar-refractivity contribution in [2.45, 2.75) is 65.7 Å². The van der Waals surface area contributed by atoms with Gasteiger partial charge < -0.3 is 14.5 Å². The smallest absolute Gasteiger partial charge is 0.155 e. The molecule has 5 aromatic rings. The average Bonchev–Trinajstić information content (AvgIpc) is 3.21. The maximum atomic E-state index is 10.0. The molecule has 4 nitrogen and oxygen atoms in total. The number of hydrogen-bond donors (Lipinski definition) is 1. The molecule has 0 spiro atoms. The Morgan fingerprint density at radius 2 is 1.62 bits per heavy atom. The molecular formula is C34H34IrNO3-. The van der Waals surface area contributed by atoms with Gasteiger partial charge in [-0.15, -0.1) is 35.4 Å². The third-order valence-corrected chi connectivity index (χ3v) is 7.15. The molecule has 1 N–H and O–H groups in total. The van der Waals surface area contributed by atoms with E-state index in [-0.39, 0.29) is 37.1 Å². The van der Waals surface area contributed by atoms with Gasteiger partial charge in [-0.25, -0.2) is 0 Å². The predicted molar refractivity (Wildman–Crippen MR) is 156 cm³/mol. The molecule has 6 rings (SSSR count). The quantitative estimate of drug-likeness (QED) is 0.114. The fourth-order valence-electron chi connectivity index (χ4n) is 5.25. The Kier molecular flexibility index (Phi) is 8.44. The van der Waals surface area contributed by atoms with Gasteiger partial charge in [-0.05, 0) is 103 Å². The first-order valence-electron chi connectivity index (χ1n) is 13.3. The van der Waals surface area contributed by atoms with Crippen molar-refractivity contribution >= 4 is 38.5 Å². The third-order valence-electron chi connectivity index (χ3n) is 7.15. The summed E-state index contributed by atoms with van der Waals surface area (Å²) >= 11 is 0. The number of ketones is 1. The number of benzene rings is 3. The van der Waals surface area contributed by atoms with E-state index in [1.165, 1.54) is 66.6 Å². The van der Waals surface area contributed by atoms with Crippen LogP contribution in [0.2, 0.25) is 0 Å². The zero-order valence-electron chi connectivity index (χ0n) is 23.1. The molecule has 39 heavy (non-hydrogen) atoms. The van der Waals surface area contributed by atoms with Crippen LogP contribution in [0.15, 0.2) is 71.0 Å². The predicted octanol–water partition coefficient (Wildman–Crippen LogP) is 8.81. The molecule has 0 saturated heterocycles. The van der Waals surface area contributed by atoms with Crippen molar-refractivity contribution in [3.63, 3.8) is 0 Å². The Bertz CT molecular complexity index is 1700. The van der Waals surface area contributed by atoms with E-state index < -0.39 is 0 Å². The molecular weight excluding hydrogens is 663 g/mol. The topological polar surface area (TPSA) is 63.3 Å². The van der Waals surface area contributed by atoms with Crippen molar-refractivity contribution in [3.8, 4) is 11.3 Å². The first-order valence-corrected chi connectivity index (χ1v) is 13.3. The summed E-state index contributed by atoms with van der Waals surface area (Å²) in [6, 6.07) is 21.0. The number of fused-ring (bicyclic) bond motifs is 5. The SMILES string of the molecule is CC(=O)/C=C(/C)O.CC(C)(C)c1cc[c-]c(-c2nccc3cc4oc5cc6c(cc5c4cc23)CCCC6)c1.[Ir]. The second-order valence-corrected chi connectivity index (χ2v) is 11.3. The van der Waals surface area contributed by atoms with Gasteiger partial charge in [0.05, 0.1) is 5.76 Å². The number of aryl methyl sites for hydroxylation is 2. The maximum absolute atomic E-state index is 10.0. The fourth-order valence-corrected chi connectivity index (χ4v) is 5.25. The summed E-state index contributed by atoms with van der Waals surface area (Å²) in [6.45, 7) is 9.57. The van der Waals surface area contributed by atoms with E-state index in [9.17, 15) is 4.79 Å². The minimum atomic E-state index is -0.125. The number of furan rings is 1. The van der Waals surface area contributed by atoms with Crippen molar-refractivity contribution < 1.29 is 34.4 Å². The molecule has 2 heterocycles. The third kappa shape index (κ3) is 6.16. The summed E-state index contributed by atoms with van der Waals surface area (Å²) in [5.74, 6) is -0.0625. The van der Waals surface area contributed by atoms with Crippen molar-refractivity contribution in [2.24, 2.45) is 0 Å². The molecule has 0 amide bonds. The van der Waals surface area contributed by atoms with Crippen LogP contribution in [0.5, 0.6) is 0 Å². The van der Waals surface area contributed by atoms with Crippen LogP contribution in [0.25, 0.3) is 44.0 Å². The number of carbonyl (C=O) groups excluding carboxylic acids is 1. The standard InChI is InChI=1S/C29H26NO.C5H8O2.Ir/c1-29(2,3)22-10-6-9-21(13-22)28-23-17-25-24-14-18-7-4-5-8-19(18)15-26(24)31-27(25)16-20(23)11-12-30-28;1-4(6)3-5(2)7;/h6,10-17H,4-5,7-8H2,1-3H3;3,6H,1-2H3;/q-1;;/b;4-3-;. The molecule has 0 unspecified atom stereocenters. The zero-order chi connectivity index (χ0) is 27.0. The largest absolute Gasteiger partial charge is 0.512 e. The molecule has 0 saturated carbocycles. The van der Waals surface area contributed by atoms with Gasteiger partial charge in [0, 0.05) is 43.2 Å². The second kappa shape index (κ2) is 11.5. The first-order chi connectivity index (χ1) is 18.1. The Morgan fingerprint density at radius 1 is 0.949 bits per heavy atom. The average molecular weight is 697 g/mol. The molecule has 0 atom stereocenters. The molecule has 0 aliphatic heterocycles. The van der Waals surface area contributed by atoms with Crippen LogP contribution in [-0.2, 0) is 43.2 Å². The molecule has 1 aliphatic rings. The van der Waals surface area contributed by atoms with E-state index in [2.05, 4.69) is 69.3 Å². The monoisotopic (exact) mass is 697 g/mol. The summed E-state index contributed by atoms with van der Waals surface area (Å²) in [6.07, 6.45) is 7.96. The minimum Gasteiger partial charge on any atom is -0.512 e. The molecule has 2 aromatic heterocycles. The number of allylic oxidation sites excluding steroid dienone is 2. The number of aliphatic hydroxyl groups is 1. The zero-order valence-corrected chi connectivity index (χ0v) is 25.5. The molecule has 3 aromatic carbocycles. The number of carbonyl (C=O) groups is 1. The summed E-state index contributed by atoms with van der Waals surface area (Å²) < 4.78 is 6.31. The van der Waals surface area contributed by atoms with E-state index in [1.54, 1.807) is 0 Å². The van der Waals surface area contributed by atoms with E-state index in [0.29, 0.717) is 0 Å². The van der Waals surface area contributed by atoms with Crippen LogP contribution in [0.4, 0.5) is 0 Å². The summed E-state index contributed by atoms with van der Waals surface area (Å²) in [4.78, 5) is 14.8. The summed E-state index contributed by atoms with van der Waals surface area (Å²) in [7, 11) is 0. The van der Waals surface area contributed by atoms with E-state index in [1.807, 2.05) is 12.3 Å². The number of hydrogen-bond acceptors (Lipinski definition) is 4. The maximum Gasteiger partial charge on any atom is 0.155 e. The van der Waals surface area contributed by atoms with Crippen LogP contribution in [0.3, 0.4) is 0 Å².